The molecule has 0 aromatic rings. The van der Waals surface area contributed by atoms with Crippen molar-refractivity contribution in [3.05, 3.63) is 35.6 Å². The minimum Gasteiger partial charge on any atom is -0.387 e. The molecule has 0 fully saturated rings. The topological polar surface area (TPSA) is 15.3 Å². The molecule has 1 heterocycles. The highest BCUT2D eigenvalue weighted by atomic mass is 15.1. The maximum absolute atomic E-state index is 4.12. The van der Waals surface area contributed by atoms with Crippen molar-refractivity contribution < 1.29 is 0 Å². The Bertz CT molecular complexity index is 301. The maximum Gasteiger partial charge on any atom is 0.0381 e. The fraction of sp³-hybridized carbons (Fsp3) is 0.667. The number of nitrogens with one attached hydrogen (secondary N) is 1. The summed E-state index contributed by atoms with van der Waals surface area (Å²) in [6.07, 6.45) is 6.50. The lowest BCUT2D eigenvalue weighted by Crippen LogP contribution is -2.34. The summed E-state index contributed by atoms with van der Waals surface area (Å²) in [6, 6.07) is 0. The molecule has 1 aliphatic heterocycles. The fourth-order valence-corrected chi connectivity index (χ4v) is 1.93. The molecule has 2 nitrogen and oxygen atoms in total. The zero-order chi connectivity index (χ0) is 16.0. The first kappa shape index (κ1) is 21.3. The van der Waals surface area contributed by atoms with E-state index in [1.54, 1.807) is 0 Å². The molecule has 0 unspecified atom stereocenters. The van der Waals surface area contributed by atoms with E-state index >= 15 is 0 Å². The number of rotatable bonds is 4. The van der Waals surface area contributed by atoms with Crippen LogP contribution < -0.4 is 5.32 Å². The molecule has 1 N–H and O–H groups in total. The molecule has 1 aliphatic rings. The molecule has 0 aliphatic carbocycles. The molecule has 2 heteroatoms. The van der Waals surface area contributed by atoms with Gasteiger partial charge >= 0.3 is 0 Å². The van der Waals surface area contributed by atoms with E-state index in [-0.39, 0.29) is 0 Å². The minimum atomic E-state index is 0.982. The van der Waals surface area contributed by atoms with Gasteiger partial charge in [0.1, 0.15) is 0 Å². The number of allylic oxidation sites excluding steroid dienone is 3. The first-order valence-corrected chi connectivity index (χ1v) is 8.06. The van der Waals surface area contributed by atoms with Crippen LogP contribution in [0.1, 0.15) is 54.4 Å². The summed E-state index contributed by atoms with van der Waals surface area (Å²) in [7, 11) is 2.16. The Balaban J connectivity index is 0. The Morgan fingerprint density at radius 2 is 1.85 bits per heavy atom. The Kier molecular flexibility index (Phi) is 15.3. The first-order chi connectivity index (χ1) is 9.60. The second-order valence-corrected chi connectivity index (χ2v) is 4.71. The molecule has 0 amide bonds. The van der Waals surface area contributed by atoms with Crippen molar-refractivity contribution in [2.75, 3.05) is 26.7 Å². The quantitative estimate of drug-likeness (QED) is 0.747. The Morgan fingerprint density at radius 1 is 1.30 bits per heavy atom. The molecular formula is C18H36N2. The van der Waals surface area contributed by atoms with E-state index in [0.717, 1.165) is 31.6 Å². The second-order valence-electron chi connectivity index (χ2n) is 4.71. The second kappa shape index (κ2) is 14.4. The summed E-state index contributed by atoms with van der Waals surface area (Å²) < 4.78 is 0. The van der Waals surface area contributed by atoms with Gasteiger partial charge in [-0.25, -0.2) is 0 Å². The van der Waals surface area contributed by atoms with Crippen molar-refractivity contribution in [3.8, 4) is 0 Å². The molecular weight excluding hydrogens is 244 g/mol. The first-order valence-electron chi connectivity index (χ1n) is 8.06. The molecule has 0 saturated heterocycles. The summed E-state index contributed by atoms with van der Waals surface area (Å²) in [5.41, 5.74) is 3.89. The Labute approximate surface area is 127 Å². The van der Waals surface area contributed by atoms with Crippen LogP contribution in [0.3, 0.4) is 0 Å². The number of nitrogens with zero attached hydrogens (tertiary/aromatic N) is 1. The number of hydrogen-bond acceptors (Lipinski definition) is 2. The van der Waals surface area contributed by atoms with Gasteiger partial charge in [-0.1, -0.05) is 52.8 Å². The SMILES string of the molecule is C=C(/C=C\C)C1=C(NCC)CN(C)CC1.CC.CCC. The molecule has 0 bridgehead atoms. The van der Waals surface area contributed by atoms with Crippen LogP contribution in [0.15, 0.2) is 35.6 Å². The standard InChI is InChI=1S/C13H22N2.C3H8.C2H6/c1-5-7-11(3)12-8-9-15(4)10-13(12)14-6-2;1-3-2;1-2/h5,7,14H,3,6,8-10H2,1-2,4H3;3H2,1-2H3;1-2H3/b7-5-;;. The number of likely N-dealkylation sites (N-methyl/N-ethyl adjacent to an activating group) is 2. The lowest BCUT2D eigenvalue weighted by molar-refractivity contribution is 0.340. The molecule has 118 valence electrons. The third-order valence-electron chi connectivity index (χ3n) is 2.68. The Hall–Kier alpha value is -1.02. The van der Waals surface area contributed by atoms with Crippen molar-refractivity contribution in [2.45, 2.75) is 54.4 Å². The normalized spacial score (nSPS) is 15.2. The van der Waals surface area contributed by atoms with Crippen molar-refractivity contribution in [2.24, 2.45) is 0 Å². The van der Waals surface area contributed by atoms with E-state index < -0.39 is 0 Å². The monoisotopic (exact) mass is 280 g/mol. The van der Waals surface area contributed by atoms with Gasteiger partial charge in [0.05, 0.1) is 0 Å². The summed E-state index contributed by atoms with van der Waals surface area (Å²) in [5.74, 6) is 0. The molecule has 0 radical (unpaired) electrons. The molecule has 0 atom stereocenters. The van der Waals surface area contributed by atoms with Crippen LogP contribution in [0.5, 0.6) is 0 Å². The molecule has 0 aromatic carbocycles. The van der Waals surface area contributed by atoms with E-state index in [4.69, 9.17) is 0 Å². The van der Waals surface area contributed by atoms with Gasteiger partial charge in [0, 0.05) is 25.3 Å². The molecule has 1 rings (SSSR count). The average Bonchev–Trinajstić information content (AvgIpc) is 2.42. The van der Waals surface area contributed by atoms with E-state index in [2.05, 4.69) is 56.8 Å². The van der Waals surface area contributed by atoms with Crippen LogP contribution in [0.2, 0.25) is 0 Å². The van der Waals surface area contributed by atoms with Gasteiger partial charge < -0.3 is 10.2 Å². The van der Waals surface area contributed by atoms with Gasteiger partial charge in [-0.15, -0.1) is 0 Å². The molecule has 0 spiro atoms. The molecule has 20 heavy (non-hydrogen) atoms. The maximum atomic E-state index is 4.12. The van der Waals surface area contributed by atoms with Crippen LogP contribution in [0.4, 0.5) is 0 Å². The van der Waals surface area contributed by atoms with Gasteiger partial charge in [-0.3, -0.25) is 0 Å². The predicted molar refractivity (Wildman–Crippen MR) is 94.1 cm³/mol. The zero-order valence-electron chi connectivity index (χ0n) is 14.8. The summed E-state index contributed by atoms with van der Waals surface area (Å²) >= 11 is 0. The average molecular weight is 280 g/mol. The summed E-state index contributed by atoms with van der Waals surface area (Å²) in [6.45, 7) is 19.7. The lowest BCUT2D eigenvalue weighted by Gasteiger charge is -2.28. The van der Waals surface area contributed by atoms with Gasteiger partial charge in [-0.05, 0) is 38.5 Å². The highest BCUT2D eigenvalue weighted by Crippen LogP contribution is 2.22. The third-order valence-corrected chi connectivity index (χ3v) is 2.68. The van der Waals surface area contributed by atoms with E-state index in [1.165, 1.54) is 17.7 Å². The van der Waals surface area contributed by atoms with Gasteiger partial charge in [0.15, 0.2) is 0 Å². The van der Waals surface area contributed by atoms with Crippen LogP contribution in [0, 0.1) is 0 Å². The van der Waals surface area contributed by atoms with Crippen LogP contribution in [-0.4, -0.2) is 31.6 Å². The molecule has 0 aromatic heterocycles. The third kappa shape index (κ3) is 8.98. The Morgan fingerprint density at radius 3 is 2.30 bits per heavy atom. The lowest BCUT2D eigenvalue weighted by atomic mass is 9.98. The zero-order valence-corrected chi connectivity index (χ0v) is 14.8. The predicted octanol–water partition coefficient (Wildman–Crippen LogP) is 4.76. The van der Waals surface area contributed by atoms with Crippen molar-refractivity contribution in [1.82, 2.24) is 10.2 Å². The minimum absolute atomic E-state index is 0.982. The van der Waals surface area contributed by atoms with E-state index in [9.17, 15) is 0 Å². The molecule has 0 saturated carbocycles. The van der Waals surface area contributed by atoms with Crippen molar-refractivity contribution >= 4 is 0 Å². The number of hydrogen-bond donors (Lipinski definition) is 1. The van der Waals surface area contributed by atoms with E-state index in [1.807, 2.05) is 20.8 Å². The van der Waals surface area contributed by atoms with Crippen molar-refractivity contribution in [1.29, 1.82) is 0 Å². The smallest absolute Gasteiger partial charge is 0.0381 e. The van der Waals surface area contributed by atoms with Crippen LogP contribution >= 0.6 is 0 Å². The summed E-state index contributed by atoms with van der Waals surface area (Å²) in [5, 5.41) is 3.45. The fourth-order valence-electron chi connectivity index (χ4n) is 1.93. The largest absolute Gasteiger partial charge is 0.387 e. The highest BCUT2D eigenvalue weighted by molar-refractivity contribution is 5.41. The van der Waals surface area contributed by atoms with Gasteiger partial charge in [-0.2, -0.15) is 0 Å². The van der Waals surface area contributed by atoms with Gasteiger partial charge in [0.25, 0.3) is 0 Å². The highest BCUT2D eigenvalue weighted by Gasteiger charge is 2.16. The van der Waals surface area contributed by atoms with Crippen molar-refractivity contribution in [3.63, 3.8) is 0 Å². The van der Waals surface area contributed by atoms with Crippen LogP contribution in [-0.2, 0) is 0 Å². The van der Waals surface area contributed by atoms with Crippen LogP contribution in [0.25, 0.3) is 0 Å². The van der Waals surface area contributed by atoms with Gasteiger partial charge in [0.2, 0.25) is 0 Å². The summed E-state index contributed by atoms with van der Waals surface area (Å²) in [4.78, 5) is 2.34. The van der Waals surface area contributed by atoms with E-state index in [0.29, 0.717) is 0 Å².